The van der Waals surface area contributed by atoms with Crippen LogP contribution in [0.1, 0.15) is 0 Å². The minimum absolute atomic E-state index is 0.487. The molecule has 57 heavy (non-hydrogen) atoms. The predicted octanol–water partition coefficient (Wildman–Crippen LogP) is 12.2. The highest BCUT2D eigenvalue weighted by Gasteiger charge is 2.23. The third-order valence-electron chi connectivity index (χ3n) is 10.7. The van der Waals surface area contributed by atoms with Crippen LogP contribution in [0.25, 0.3) is 117 Å². The molecular weight excluding hydrogens is 705 g/mol. The first-order valence-corrected chi connectivity index (χ1v) is 18.8. The van der Waals surface area contributed by atoms with Crippen molar-refractivity contribution in [2.45, 2.75) is 0 Å². The van der Waals surface area contributed by atoms with Gasteiger partial charge >= 0.3 is 0 Å². The normalized spacial score (nSPS) is 11.9. The molecule has 0 radical (unpaired) electrons. The lowest BCUT2D eigenvalue weighted by Crippen LogP contribution is -2.06. The molecule has 12 aromatic rings. The zero-order valence-electron chi connectivity index (χ0n) is 30.2. The van der Waals surface area contributed by atoms with E-state index in [2.05, 4.69) is 65.2 Å². The summed E-state index contributed by atoms with van der Waals surface area (Å²) in [6.45, 7) is 0. The fraction of sp³-hybridized carbons (Fsp3) is 0. The molecule has 266 valence electrons. The van der Waals surface area contributed by atoms with Crippen molar-refractivity contribution < 1.29 is 8.83 Å². The molecule has 0 aliphatic heterocycles. The summed E-state index contributed by atoms with van der Waals surface area (Å²) >= 11 is 0. The lowest BCUT2D eigenvalue weighted by Gasteiger charge is -2.11. The first-order chi connectivity index (χ1) is 28.2. The van der Waals surface area contributed by atoms with Gasteiger partial charge in [0.15, 0.2) is 17.5 Å². The molecule has 0 spiro atoms. The van der Waals surface area contributed by atoms with Crippen LogP contribution in [0.15, 0.2) is 179 Å². The van der Waals surface area contributed by atoms with Crippen molar-refractivity contribution in [1.82, 2.24) is 29.5 Å². The topological polar surface area (TPSA) is 95.7 Å². The average Bonchev–Trinajstić information content (AvgIpc) is 3.94. The Morgan fingerprint density at radius 3 is 1.70 bits per heavy atom. The van der Waals surface area contributed by atoms with E-state index in [9.17, 15) is 0 Å². The van der Waals surface area contributed by atoms with E-state index < -0.39 is 0 Å². The van der Waals surface area contributed by atoms with Gasteiger partial charge in [0.05, 0.1) is 22.1 Å². The van der Waals surface area contributed by atoms with Gasteiger partial charge in [-0.25, -0.2) is 9.97 Å². The largest absolute Gasteiger partial charge is 0.456 e. The van der Waals surface area contributed by atoms with E-state index in [1.165, 1.54) is 0 Å². The molecule has 0 aliphatic rings. The molecule has 0 fully saturated rings. The highest BCUT2D eigenvalue weighted by molar-refractivity contribution is 6.19. The van der Waals surface area contributed by atoms with Crippen molar-refractivity contribution >= 4 is 65.8 Å². The summed E-state index contributed by atoms with van der Waals surface area (Å²) in [6.07, 6.45) is 0. The maximum absolute atomic E-state index is 6.70. The number of hydrogen-bond donors (Lipinski definition) is 0. The molecule has 5 heterocycles. The second-order valence-corrected chi connectivity index (χ2v) is 14.1. The van der Waals surface area contributed by atoms with Gasteiger partial charge in [0.1, 0.15) is 16.7 Å². The van der Waals surface area contributed by atoms with Crippen molar-refractivity contribution in [3.63, 3.8) is 0 Å². The number of fused-ring (bicyclic) bond motifs is 9. The quantitative estimate of drug-likeness (QED) is 0.174. The van der Waals surface area contributed by atoms with Crippen LogP contribution in [0.4, 0.5) is 0 Å². The first-order valence-electron chi connectivity index (χ1n) is 18.8. The van der Waals surface area contributed by atoms with E-state index in [1.807, 2.05) is 109 Å². The summed E-state index contributed by atoms with van der Waals surface area (Å²) in [7, 11) is 0. The van der Waals surface area contributed by atoms with Gasteiger partial charge in [0, 0.05) is 55.3 Å². The molecule has 0 amide bonds. The van der Waals surface area contributed by atoms with Crippen LogP contribution in [-0.2, 0) is 0 Å². The fourth-order valence-corrected chi connectivity index (χ4v) is 8.05. The molecular formula is C49H28N6O2. The molecule has 0 atom stereocenters. The summed E-state index contributed by atoms with van der Waals surface area (Å²) in [6, 6.07) is 57.1. The zero-order valence-corrected chi connectivity index (χ0v) is 30.2. The molecule has 0 N–H and O–H groups in total. The van der Waals surface area contributed by atoms with Gasteiger partial charge in [-0.3, -0.25) is 4.57 Å². The van der Waals surface area contributed by atoms with Gasteiger partial charge in [0.25, 0.3) is 0 Å². The van der Waals surface area contributed by atoms with Gasteiger partial charge in [-0.05, 0) is 30.3 Å². The van der Waals surface area contributed by atoms with Crippen LogP contribution >= 0.6 is 0 Å². The fourth-order valence-electron chi connectivity index (χ4n) is 8.05. The number of benzene rings is 7. The van der Waals surface area contributed by atoms with Crippen LogP contribution in [0.5, 0.6) is 0 Å². The van der Waals surface area contributed by atoms with Crippen molar-refractivity contribution in [3.05, 3.63) is 170 Å². The number of furan rings is 2. The van der Waals surface area contributed by atoms with Crippen molar-refractivity contribution in [1.29, 1.82) is 0 Å². The van der Waals surface area contributed by atoms with Crippen LogP contribution in [0.3, 0.4) is 0 Å². The standard InChI is InChI=1S/C49H28N6O2/c1-4-14-29(15-5-1)44-43-37-27-36-33-20-10-12-22-38(33)55(39(36)28-42(37)57-48(43)52-45(50-44)30-16-6-2-7-17-30)49-53-46(31-18-8-3-9-19-31)51-47(54-49)32-24-25-35-34-21-11-13-23-40(34)56-41(35)26-32/h1-28H. The Bertz CT molecular complexity index is 3520. The maximum atomic E-state index is 6.70. The van der Waals surface area contributed by atoms with E-state index in [0.29, 0.717) is 34.7 Å². The van der Waals surface area contributed by atoms with E-state index in [4.69, 9.17) is 33.8 Å². The molecule has 0 unspecified atom stereocenters. The third-order valence-corrected chi connectivity index (χ3v) is 10.7. The number of rotatable bonds is 5. The summed E-state index contributed by atoms with van der Waals surface area (Å²) in [5.41, 5.74) is 9.10. The molecule has 8 nitrogen and oxygen atoms in total. The molecule has 8 heteroatoms. The Hall–Kier alpha value is -7.97. The lowest BCUT2D eigenvalue weighted by molar-refractivity contribution is 0.654. The van der Waals surface area contributed by atoms with Crippen molar-refractivity contribution in [3.8, 4) is 51.4 Å². The minimum atomic E-state index is 0.487. The highest BCUT2D eigenvalue weighted by atomic mass is 16.3. The molecule has 7 aromatic carbocycles. The average molecular weight is 733 g/mol. The molecule has 0 saturated carbocycles. The van der Waals surface area contributed by atoms with Gasteiger partial charge in [-0.1, -0.05) is 133 Å². The number of aromatic nitrogens is 6. The Morgan fingerprint density at radius 2 is 0.947 bits per heavy atom. The Labute approximate surface area is 324 Å². The second-order valence-electron chi connectivity index (χ2n) is 14.1. The van der Waals surface area contributed by atoms with Crippen LogP contribution in [0.2, 0.25) is 0 Å². The molecule has 5 aromatic heterocycles. The van der Waals surface area contributed by atoms with Crippen molar-refractivity contribution in [2.24, 2.45) is 0 Å². The number of hydrogen-bond acceptors (Lipinski definition) is 7. The number of para-hydroxylation sites is 2. The summed E-state index contributed by atoms with van der Waals surface area (Å²) in [5.74, 6) is 2.19. The van der Waals surface area contributed by atoms with Gasteiger partial charge in [0.2, 0.25) is 11.7 Å². The molecule has 12 rings (SSSR count). The maximum Gasteiger partial charge on any atom is 0.238 e. The van der Waals surface area contributed by atoms with Gasteiger partial charge in [-0.2, -0.15) is 15.0 Å². The van der Waals surface area contributed by atoms with E-state index >= 15 is 0 Å². The highest BCUT2D eigenvalue weighted by Crippen LogP contribution is 2.41. The second kappa shape index (κ2) is 12.3. The Kier molecular flexibility index (Phi) is 6.76. The monoisotopic (exact) mass is 732 g/mol. The Balaban J connectivity index is 1.12. The van der Waals surface area contributed by atoms with Crippen LogP contribution in [-0.4, -0.2) is 29.5 Å². The van der Waals surface area contributed by atoms with Gasteiger partial charge in [-0.15, -0.1) is 0 Å². The lowest BCUT2D eigenvalue weighted by atomic mass is 10.0. The number of nitrogens with zero attached hydrogens (tertiary/aromatic N) is 6. The van der Waals surface area contributed by atoms with Crippen molar-refractivity contribution in [2.75, 3.05) is 0 Å². The van der Waals surface area contributed by atoms with E-state index in [-0.39, 0.29) is 0 Å². The summed E-state index contributed by atoms with van der Waals surface area (Å²) < 4.78 is 15.1. The molecule has 0 saturated heterocycles. The van der Waals surface area contributed by atoms with E-state index in [0.717, 1.165) is 82.5 Å². The predicted molar refractivity (Wildman–Crippen MR) is 226 cm³/mol. The van der Waals surface area contributed by atoms with E-state index in [1.54, 1.807) is 0 Å². The first kappa shape index (κ1) is 31.4. The van der Waals surface area contributed by atoms with Gasteiger partial charge < -0.3 is 8.83 Å². The summed E-state index contributed by atoms with van der Waals surface area (Å²) in [5, 5.41) is 5.99. The Morgan fingerprint density at radius 1 is 0.351 bits per heavy atom. The SMILES string of the molecule is c1ccc(-c2nc(-c3ccc4c(c3)oc3ccccc34)nc(-n3c4ccccc4c4cc5c(cc43)oc3nc(-c4ccccc4)nc(-c4ccccc4)c35)n2)cc1. The smallest absolute Gasteiger partial charge is 0.238 e. The van der Waals surface area contributed by atoms with Crippen LogP contribution < -0.4 is 0 Å². The van der Waals surface area contributed by atoms with Crippen LogP contribution in [0, 0.1) is 0 Å². The summed E-state index contributed by atoms with van der Waals surface area (Å²) in [4.78, 5) is 25.5. The molecule has 0 aliphatic carbocycles. The minimum Gasteiger partial charge on any atom is -0.456 e. The zero-order chi connectivity index (χ0) is 37.5. The molecule has 0 bridgehead atoms. The third kappa shape index (κ3) is 4.97.